The topological polar surface area (TPSA) is 86.9 Å². The number of likely N-dealkylation sites (N-methyl/N-ethyl adjacent to an activating group) is 1. The number of amides is 2. The van der Waals surface area contributed by atoms with Crippen LogP contribution in [-0.2, 0) is 10.4 Å². The van der Waals surface area contributed by atoms with E-state index in [0.29, 0.717) is 12.2 Å². The minimum absolute atomic E-state index is 0.0619. The van der Waals surface area contributed by atoms with Crippen LogP contribution >= 0.6 is 23.2 Å². The van der Waals surface area contributed by atoms with Crippen molar-refractivity contribution in [1.29, 1.82) is 0 Å². The monoisotopic (exact) mass is 433 g/mol. The highest BCUT2D eigenvalue weighted by atomic mass is 35.5. The fourth-order valence-corrected chi connectivity index (χ4v) is 3.99. The Morgan fingerprint density at radius 1 is 1.21 bits per heavy atom. The first-order valence-corrected chi connectivity index (χ1v) is 9.66. The molecule has 1 aliphatic rings. The molecule has 0 bridgehead atoms. The Bertz CT molecular complexity index is 1010. The molecule has 0 spiro atoms. The lowest BCUT2D eigenvalue weighted by Gasteiger charge is -2.24. The summed E-state index contributed by atoms with van der Waals surface area (Å²) < 4.78 is 0. The second-order valence-corrected chi connectivity index (χ2v) is 7.87. The van der Waals surface area contributed by atoms with Gasteiger partial charge in [-0.2, -0.15) is 0 Å². The van der Waals surface area contributed by atoms with Gasteiger partial charge >= 0.3 is 0 Å². The van der Waals surface area contributed by atoms with Gasteiger partial charge in [-0.15, -0.1) is 0 Å². The van der Waals surface area contributed by atoms with E-state index in [1.54, 1.807) is 24.3 Å². The maximum atomic E-state index is 13.4. The van der Waals surface area contributed by atoms with Gasteiger partial charge in [0.05, 0.1) is 10.7 Å². The van der Waals surface area contributed by atoms with Crippen LogP contribution < -0.4 is 10.6 Å². The predicted molar refractivity (Wildman–Crippen MR) is 114 cm³/mol. The zero-order valence-corrected chi connectivity index (χ0v) is 17.5. The van der Waals surface area contributed by atoms with Crippen LogP contribution in [0.15, 0.2) is 48.6 Å². The van der Waals surface area contributed by atoms with E-state index < -0.39 is 17.4 Å². The molecule has 3 N–H and O–H groups in total. The third kappa shape index (κ3) is 3.76. The van der Waals surface area contributed by atoms with Crippen molar-refractivity contribution >= 4 is 40.7 Å². The molecule has 0 aliphatic carbocycles. The molecule has 0 saturated carbocycles. The lowest BCUT2D eigenvalue weighted by atomic mass is 9.87. The summed E-state index contributed by atoms with van der Waals surface area (Å²) in [6.45, 7) is 0.872. The van der Waals surface area contributed by atoms with Crippen LogP contribution in [0.25, 0.3) is 0 Å². The molecule has 1 atom stereocenters. The summed E-state index contributed by atoms with van der Waals surface area (Å²) in [6.07, 6.45) is 3.71. The van der Waals surface area contributed by atoms with Gasteiger partial charge in [0.2, 0.25) is 5.91 Å². The van der Waals surface area contributed by atoms with Crippen molar-refractivity contribution in [3.63, 3.8) is 0 Å². The number of aliphatic hydroxyl groups is 1. The third-order valence-corrected chi connectivity index (χ3v) is 5.38. The van der Waals surface area contributed by atoms with Gasteiger partial charge in [0.15, 0.2) is 5.60 Å². The van der Waals surface area contributed by atoms with Crippen LogP contribution in [0.3, 0.4) is 0 Å². The average Bonchev–Trinajstić information content (AvgIpc) is 2.87. The number of primary amides is 1. The lowest BCUT2D eigenvalue weighted by molar-refractivity contribution is -0.132. The molecule has 2 amide bonds. The number of rotatable bonds is 6. The van der Waals surface area contributed by atoms with Gasteiger partial charge in [-0.1, -0.05) is 53.6 Å². The molecular weight excluding hydrogens is 413 g/mol. The first kappa shape index (κ1) is 21.3. The summed E-state index contributed by atoms with van der Waals surface area (Å²) in [5, 5.41) is 11.9. The maximum absolute atomic E-state index is 13.4. The molecular formula is C21H21Cl2N3O3. The Kier molecular flexibility index (Phi) is 6.00. The molecule has 8 heteroatoms. The first-order valence-electron chi connectivity index (χ1n) is 8.90. The van der Waals surface area contributed by atoms with Gasteiger partial charge in [0.1, 0.15) is 0 Å². The molecule has 0 aromatic heterocycles. The average molecular weight is 434 g/mol. The fourth-order valence-electron chi connectivity index (χ4n) is 3.37. The third-order valence-electron chi connectivity index (χ3n) is 4.75. The van der Waals surface area contributed by atoms with E-state index in [-0.39, 0.29) is 33.3 Å². The summed E-state index contributed by atoms with van der Waals surface area (Å²) in [6, 6.07) is 9.37. The number of benzene rings is 2. The van der Waals surface area contributed by atoms with E-state index in [0.717, 1.165) is 0 Å². The molecule has 1 aliphatic heterocycles. The standard InChI is InChI=1S/C21H21Cl2N3O3/c1-25(2)9-5-6-10-26-17-12-13(19(24)27)11-16(23)18(17)21(29,20(26)28)14-7-3-4-8-15(14)22/h3-8,11-12,29H,9-10H2,1-2H3,(H2,24,27). The van der Waals surface area contributed by atoms with Gasteiger partial charge in [0, 0.05) is 34.8 Å². The van der Waals surface area contributed by atoms with Gasteiger partial charge in [0.25, 0.3) is 5.91 Å². The Morgan fingerprint density at radius 3 is 2.52 bits per heavy atom. The van der Waals surface area contributed by atoms with Gasteiger partial charge in [-0.3, -0.25) is 9.59 Å². The van der Waals surface area contributed by atoms with E-state index in [1.165, 1.54) is 17.0 Å². The molecule has 3 rings (SSSR count). The molecule has 6 nitrogen and oxygen atoms in total. The van der Waals surface area contributed by atoms with Crippen LogP contribution in [0.4, 0.5) is 5.69 Å². The van der Waals surface area contributed by atoms with Gasteiger partial charge < -0.3 is 20.6 Å². The highest BCUT2D eigenvalue weighted by Crippen LogP contribution is 2.49. The predicted octanol–water partition coefficient (Wildman–Crippen LogP) is 2.79. The fraction of sp³-hybridized carbons (Fsp3) is 0.238. The molecule has 1 unspecified atom stereocenters. The molecule has 0 radical (unpaired) electrons. The summed E-state index contributed by atoms with van der Waals surface area (Å²) >= 11 is 12.7. The number of anilines is 1. The van der Waals surface area contributed by atoms with E-state index in [1.807, 2.05) is 31.1 Å². The van der Waals surface area contributed by atoms with Crippen LogP contribution in [-0.4, -0.2) is 49.0 Å². The summed E-state index contributed by atoms with van der Waals surface area (Å²) in [5.74, 6) is -1.28. The molecule has 29 heavy (non-hydrogen) atoms. The van der Waals surface area contributed by atoms with Crippen molar-refractivity contribution in [2.24, 2.45) is 5.73 Å². The largest absolute Gasteiger partial charge is 0.372 e. The second kappa shape index (κ2) is 8.16. The maximum Gasteiger partial charge on any atom is 0.268 e. The van der Waals surface area contributed by atoms with Crippen molar-refractivity contribution in [3.8, 4) is 0 Å². The second-order valence-electron chi connectivity index (χ2n) is 7.06. The normalized spacial score (nSPS) is 18.7. The van der Waals surface area contributed by atoms with Crippen molar-refractivity contribution in [1.82, 2.24) is 4.90 Å². The van der Waals surface area contributed by atoms with Crippen molar-refractivity contribution in [2.75, 3.05) is 32.1 Å². The van der Waals surface area contributed by atoms with Crippen molar-refractivity contribution < 1.29 is 14.7 Å². The van der Waals surface area contributed by atoms with Gasteiger partial charge in [-0.05, 0) is 32.3 Å². The number of hydrogen-bond acceptors (Lipinski definition) is 4. The Balaban J connectivity index is 2.17. The highest BCUT2D eigenvalue weighted by Gasteiger charge is 2.53. The molecule has 2 aromatic carbocycles. The van der Waals surface area contributed by atoms with E-state index in [9.17, 15) is 14.7 Å². The number of carbonyl (C=O) groups excluding carboxylic acids is 2. The van der Waals surface area contributed by atoms with Crippen LogP contribution in [0.2, 0.25) is 10.0 Å². The number of hydrogen-bond donors (Lipinski definition) is 2. The summed E-state index contributed by atoms with van der Waals surface area (Å²) in [7, 11) is 3.85. The minimum Gasteiger partial charge on any atom is -0.372 e. The zero-order valence-electron chi connectivity index (χ0n) is 16.0. The molecule has 0 fully saturated rings. The number of nitrogens with two attached hydrogens (primary N) is 1. The Labute approximate surface area is 179 Å². The van der Waals surface area contributed by atoms with Crippen molar-refractivity contribution in [2.45, 2.75) is 5.60 Å². The Hall–Kier alpha value is -2.38. The number of carbonyl (C=O) groups is 2. The molecule has 152 valence electrons. The SMILES string of the molecule is CN(C)CC=CCN1C(=O)C(O)(c2ccccc2Cl)c2c(Cl)cc(C(N)=O)cc21. The van der Waals surface area contributed by atoms with E-state index in [2.05, 4.69) is 0 Å². The van der Waals surface area contributed by atoms with Crippen LogP contribution in [0.1, 0.15) is 21.5 Å². The van der Waals surface area contributed by atoms with Gasteiger partial charge in [-0.25, -0.2) is 0 Å². The number of nitrogens with zero attached hydrogens (tertiary/aromatic N) is 2. The quantitative estimate of drug-likeness (QED) is 0.685. The zero-order chi connectivity index (χ0) is 21.3. The number of halogens is 2. The smallest absolute Gasteiger partial charge is 0.268 e. The highest BCUT2D eigenvalue weighted by molar-refractivity contribution is 6.35. The Morgan fingerprint density at radius 2 is 1.90 bits per heavy atom. The molecule has 1 heterocycles. The molecule has 2 aromatic rings. The van der Waals surface area contributed by atoms with Crippen LogP contribution in [0, 0.1) is 0 Å². The minimum atomic E-state index is -2.07. The summed E-state index contributed by atoms with van der Waals surface area (Å²) in [5.41, 5.74) is 4.22. The van der Waals surface area contributed by atoms with Crippen LogP contribution in [0.5, 0.6) is 0 Å². The summed E-state index contributed by atoms with van der Waals surface area (Å²) in [4.78, 5) is 28.5. The van der Waals surface area contributed by atoms with Crippen molar-refractivity contribution in [3.05, 3.63) is 75.3 Å². The lowest BCUT2D eigenvalue weighted by Crippen LogP contribution is -2.41. The number of fused-ring (bicyclic) bond motifs is 1. The molecule has 0 saturated heterocycles. The van der Waals surface area contributed by atoms with E-state index >= 15 is 0 Å². The van der Waals surface area contributed by atoms with E-state index in [4.69, 9.17) is 28.9 Å². The first-order chi connectivity index (χ1) is 13.7.